The summed E-state index contributed by atoms with van der Waals surface area (Å²) in [6, 6.07) is 2.98. The van der Waals surface area contributed by atoms with Gasteiger partial charge in [0.25, 0.3) is 6.43 Å². The number of aryl methyl sites for hydroxylation is 1. The fourth-order valence-corrected chi connectivity index (χ4v) is 1.14. The number of pyridine rings is 1. The lowest BCUT2D eigenvalue weighted by Gasteiger charge is -2.08. The molecule has 0 aliphatic carbocycles. The Balaban J connectivity index is 3.01. The SMILES string of the molecule is CCOc1nc(C(F)F)ccc1CC. The van der Waals surface area contributed by atoms with Gasteiger partial charge in [0, 0.05) is 5.56 Å². The Morgan fingerprint density at radius 1 is 1.36 bits per heavy atom. The van der Waals surface area contributed by atoms with E-state index in [9.17, 15) is 8.78 Å². The predicted molar refractivity (Wildman–Crippen MR) is 49.7 cm³/mol. The van der Waals surface area contributed by atoms with Gasteiger partial charge < -0.3 is 4.74 Å². The summed E-state index contributed by atoms with van der Waals surface area (Å²) in [7, 11) is 0. The van der Waals surface area contributed by atoms with Crippen LogP contribution in [-0.4, -0.2) is 11.6 Å². The van der Waals surface area contributed by atoms with Crippen LogP contribution in [0.2, 0.25) is 0 Å². The molecule has 78 valence electrons. The average Bonchev–Trinajstić information content (AvgIpc) is 2.18. The maximum Gasteiger partial charge on any atom is 0.280 e. The molecule has 0 aliphatic heterocycles. The van der Waals surface area contributed by atoms with Gasteiger partial charge in [-0.05, 0) is 19.4 Å². The van der Waals surface area contributed by atoms with Gasteiger partial charge in [0.15, 0.2) is 0 Å². The molecule has 2 nitrogen and oxygen atoms in total. The highest BCUT2D eigenvalue weighted by atomic mass is 19.3. The van der Waals surface area contributed by atoms with Crippen molar-refractivity contribution in [2.75, 3.05) is 6.61 Å². The third kappa shape index (κ3) is 2.40. The minimum atomic E-state index is -2.54. The minimum absolute atomic E-state index is 0.231. The molecule has 1 aromatic rings. The Morgan fingerprint density at radius 2 is 2.07 bits per heavy atom. The van der Waals surface area contributed by atoms with Crippen LogP contribution in [-0.2, 0) is 6.42 Å². The van der Waals surface area contributed by atoms with Gasteiger partial charge in [-0.2, -0.15) is 0 Å². The molecule has 0 radical (unpaired) electrons. The van der Waals surface area contributed by atoms with E-state index < -0.39 is 6.43 Å². The molecule has 0 N–H and O–H groups in total. The van der Waals surface area contributed by atoms with Gasteiger partial charge in [-0.1, -0.05) is 13.0 Å². The summed E-state index contributed by atoms with van der Waals surface area (Å²) in [5, 5.41) is 0. The highest BCUT2D eigenvalue weighted by molar-refractivity contribution is 5.28. The Bertz CT molecular complexity index is 302. The van der Waals surface area contributed by atoms with Crippen LogP contribution in [0.15, 0.2) is 12.1 Å². The van der Waals surface area contributed by atoms with Crippen molar-refractivity contribution in [2.24, 2.45) is 0 Å². The van der Waals surface area contributed by atoms with Crippen LogP contribution in [0, 0.1) is 0 Å². The van der Waals surface area contributed by atoms with Crippen LogP contribution in [0.3, 0.4) is 0 Å². The highest BCUT2D eigenvalue weighted by Gasteiger charge is 2.12. The molecule has 0 saturated heterocycles. The number of alkyl halides is 2. The Kier molecular flexibility index (Phi) is 3.80. The molecule has 0 aliphatic rings. The van der Waals surface area contributed by atoms with Crippen molar-refractivity contribution in [3.05, 3.63) is 23.4 Å². The zero-order valence-corrected chi connectivity index (χ0v) is 8.26. The zero-order valence-electron chi connectivity index (χ0n) is 8.26. The molecule has 0 spiro atoms. The van der Waals surface area contributed by atoms with Crippen molar-refractivity contribution >= 4 is 0 Å². The lowest BCUT2D eigenvalue weighted by molar-refractivity contribution is 0.144. The van der Waals surface area contributed by atoms with Gasteiger partial charge in [0.1, 0.15) is 5.69 Å². The fourth-order valence-electron chi connectivity index (χ4n) is 1.14. The summed E-state index contributed by atoms with van der Waals surface area (Å²) in [6.07, 6.45) is -1.81. The third-order valence-corrected chi connectivity index (χ3v) is 1.85. The number of hydrogen-bond donors (Lipinski definition) is 0. The molecule has 4 heteroatoms. The van der Waals surface area contributed by atoms with E-state index in [1.54, 1.807) is 13.0 Å². The van der Waals surface area contributed by atoms with E-state index in [0.29, 0.717) is 12.5 Å². The van der Waals surface area contributed by atoms with Crippen molar-refractivity contribution in [1.82, 2.24) is 4.98 Å². The van der Waals surface area contributed by atoms with Gasteiger partial charge in [0.2, 0.25) is 5.88 Å². The first-order chi connectivity index (χ1) is 6.69. The molecule has 0 amide bonds. The van der Waals surface area contributed by atoms with E-state index in [-0.39, 0.29) is 5.69 Å². The molecule has 0 unspecified atom stereocenters. The van der Waals surface area contributed by atoms with E-state index in [4.69, 9.17) is 4.74 Å². The molecule has 0 atom stereocenters. The van der Waals surface area contributed by atoms with E-state index in [1.165, 1.54) is 6.07 Å². The quantitative estimate of drug-likeness (QED) is 0.747. The lowest BCUT2D eigenvalue weighted by atomic mass is 10.2. The number of aromatic nitrogens is 1. The topological polar surface area (TPSA) is 22.1 Å². The fraction of sp³-hybridized carbons (Fsp3) is 0.500. The number of nitrogens with zero attached hydrogens (tertiary/aromatic N) is 1. The van der Waals surface area contributed by atoms with Crippen molar-refractivity contribution < 1.29 is 13.5 Å². The minimum Gasteiger partial charge on any atom is -0.478 e. The summed E-state index contributed by atoms with van der Waals surface area (Å²) in [5.41, 5.74) is 0.627. The summed E-state index contributed by atoms with van der Waals surface area (Å²) in [5.74, 6) is 0.327. The molecule has 1 rings (SSSR count). The number of ether oxygens (including phenoxy) is 1. The zero-order chi connectivity index (χ0) is 10.6. The molecule has 0 saturated carbocycles. The third-order valence-electron chi connectivity index (χ3n) is 1.85. The second kappa shape index (κ2) is 4.88. The van der Waals surface area contributed by atoms with E-state index in [2.05, 4.69) is 4.98 Å². The van der Waals surface area contributed by atoms with Crippen molar-refractivity contribution in [1.29, 1.82) is 0 Å². The predicted octanol–water partition coefficient (Wildman–Crippen LogP) is 2.98. The first kappa shape index (κ1) is 10.9. The highest BCUT2D eigenvalue weighted by Crippen LogP contribution is 2.22. The summed E-state index contributed by atoms with van der Waals surface area (Å²) >= 11 is 0. The summed E-state index contributed by atoms with van der Waals surface area (Å²) < 4.78 is 29.8. The van der Waals surface area contributed by atoms with Crippen LogP contribution in [0.1, 0.15) is 31.5 Å². The Morgan fingerprint density at radius 3 is 2.57 bits per heavy atom. The normalized spacial score (nSPS) is 10.6. The first-order valence-corrected chi connectivity index (χ1v) is 4.59. The van der Waals surface area contributed by atoms with Gasteiger partial charge in [0.05, 0.1) is 6.61 Å². The van der Waals surface area contributed by atoms with Crippen LogP contribution < -0.4 is 4.74 Å². The maximum atomic E-state index is 12.3. The standard InChI is InChI=1S/C10H13F2NO/c1-3-7-5-6-8(9(11)12)13-10(7)14-4-2/h5-6,9H,3-4H2,1-2H3. The average molecular weight is 201 g/mol. The van der Waals surface area contributed by atoms with Crippen molar-refractivity contribution in [3.63, 3.8) is 0 Å². The molecule has 0 fully saturated rings. The summed E-state index contributed by atoms with van der Waals surface area (Å²) in [4.78, 5) is 3.76. The van der Waals surface area contributed by atoms with Crippen LogP contribution in [0.4, 0.5) is 8.78 Å². The monoisotopic (exact) mass is 201 g/mol. The molecule has 1 aromatic heterocycles. The van der Waals surface area contributed by atoms with E-state index >= 15 is 0 Å². The lowest BCUT2D eigenvalue weighted by Crippen LogP contribution is -2.01. The van der Waals surface area contributed by atoms with Crippen LogP contribution in [0.25, 0.3) is 0 Å². The maximum absolute atomic E-state index is 12.3. The molecule has 14 heavy (non-hydrogen) atoms. The van der Waals surface area contributed by atoms with Gasteiger partial charge in [-0.15, -0.1) is 0 Å². The summed E-state index contributed by atoms with van der Waals surface area (Å²) in [6.45, 7) is 4.17. The van der Waals surface area contributed by atoms with E-state index in [1.807, 2.05) is 6.92 Å². The number of hydrogen-bond acceptors (Lipinski definition) is 2. The van der Waals surface area contributed by atoms with Gasteiger partial charge in [-0.25, -0.2) is 13.8 Å². The molecule has 0 aromatic carbocycles. The van der Waals surface area contributed by atoms with Crippen LogP contribution in [0.5, 0.6) is 5.88 Å². The smallest absolute Gasteiger partial charge is 0.280 e. The van der Waals surface area contributed by atoms with Crippen LogP contribution >= 0.6 is 0 Å². The van der Waals surface area contributed by atoms with Gasteiger partial charge >= 0.3 is 0 Å². The van der Waals surface area contributed by atoms with E-state index in [0.717, 1.165) is 12.0 Å². The first-order valence-electron chi connectivity index (χ1n) is 4.59. The second-order valence-corrected chi connectivity index (χ2v) is 2.79. The molecular weight excluding hydrogens is 188 g/mol. The Labute approximate surface area is 81.9 Å². The number of halogens is 2. The molecular formula is C10H13F2NO. The van der Waals surface area contributed by atoms with Crippen molar-refractivity contribution in [3.8, 4) is 5.88 Å². The molecule has 0 bridgehead atoms. The van der Waals surface area contributed by atoms with Crippen molar-refractivity contribution in [2.45, 2.75) is 26.7 Å². The molecule has 1 heterocycles. The number of rotatable bonds is 4. The van der Waals surface area contributed by atoms with Gasteiger partial charge in [-0.3, -0.25) is 0 Å². The Hall–Kier alpha value is -1.19. The second-order valence-electron chi connectivity index (χ2n) is 2.79. The largest absolute Gasteiger partial charge is 0.478 e.